The summed E-state index contributed by atoms with van der Waals surface area (Å²) >= 11 is 24.8. The van der Waals surface area contributed by atoms with E-state index in [1.807, 2.05) is 24.3 Å². The monoisotopic (exact) mass is 946 g/mol. The average Bonchev–Trinajstić information content (AvgIpc) is 3.24. The Morgan fingerprint density at radius 2 is 1.12 bits per heavy atom. The van der Waals surface area contributed by atoms with Gasteiger partial charge in [0.1, 0.15) is 0 Å². The predicted molar refractivity (Wildman–Crippen MR) is 238 cm³/mol. The van der Waals surface area contributed by atoms with Crippen LogP contribution in [0, 0.1) is 0 Å². The summed E-state index contributed by atoms with van der Waals surface area (Å²) in [5.74, 6) is 0. The van der Waals surface area contributed by atoms with Crippen molar-refractivity contribution in [2.75, 3.05) is 46.0 Å². The summed E-state index contributed by atoms with van der Waals surface area (Å²) in [5, 5.41) is 11.5. The third-order valence-corrected chi connectivity index (χ3v) is 16.7. The van der Waals surface area contributed by atoms with Gasteiger partial charge in [0, 0.05) is 50.2 Å². The van der Waals surface area contributed by atoms with Gasteiger partial charge in [-0.15, -0.1) is 12.4 Å². The van der Waals surface area contributed by atoms with Gasteiger partial charge >= 0.3 is 0 Å². The van der Waals surface area contributed by atoms with Crippen molar-refractivity contribution in [3.63, 3.8) is 0 Å². The highest BCUT2D eigenvalue weighted by Gasteiger charge is 2.43. The van der Waals surface area contributed by atoms with Crippen LogP contribution < -0.4 is 0 Å². The number of aliphatic hydroxyl groups excluding tert-OH is 1. The van der Waals surface area contributed by atoms with Crippen LogP contribution in [0.2, 0.25) is 20.1 Å². The molecule has 0 spiro atoms. The maximum Gasteiger partial charge on any atom is 0.243 e. The van der Waals surface area contributed by atoms with Crippen molar-refractivity contribution in [1.29, 1.82) is 0 Å². The van der Waals surface area contributed by atoms with Crippen LogP contribution in [0.4, 0.5) is 0 Å². The van der Waals surface area contributed by atoms with Crippen molar-refractivity contribution in [1.82, 2.24) is 8.61 Å². The van der Waals surface area contributed by atoms with Gasteiger partial charge in [-0.2, -0.15) is 8.61 Å². The molecule has 3 aliphatic heterocycles. The van der Waals surface area contributed by atoms with Crippen molar-refractivity contribution in [2.24, 2.45) is 0 Å². The Hall–Kier alpha value is -1.97. The number of aliphatic hydroxyl groups is 1. The number of rotatable bonds is 12. The van der Waals surface area contributed by atoms with Crippen LogP contribution in [0.5, 0.6) is 0 Å². The van der Waals surface area contributed by atoms with Gasteiger partial charge in [0.25, 0.3) is 0 Å². The van der Waals surface area contributed by atoms with Gasteiger partial charge in [0.15, 0.2) is 6.29 Å². The summed E-state index contributed by atoms with van der Waals surface area (Å²) in [4.78, 5) is 0.603. The summed E-state index contributed by atoms with van der Waals surface area (Å²) < 4.78 is 67.7. The lowest BCUT2D eigenvalue weighted by Crippen LogP contribution is -2.49. The third-order valence-electron chi connectivity index (χ3n) is 11.5. The highest BCUT2D eigenvalue weighted by molar-refractivity contribution is 7.89. The van der Waals surface area contributed by atoms with E-state index in [1.165, 1.54) is 4.31 Å². The molecule has 3 saturated heterocycles. The molecule has 0 amide bonds. The van der Waals surface area contributed by atoms with Crippen molar-refractivity contribution in [3.05, 3.63) is 128 Å². The molecule has 3 atom stereocenters. The van der Waals surface area contributed by atoms with Gasteiger partial charge in [-0.1, -0.05) is 94.9 Å². The van der Waals surface area contributed by atoms with Crippen LogP contribution in [0.25, 0.3) is 0 Å². The minimum Gasteiger partial charge on any atom is -0.396 e. The highest BCUT2D eigenvalue weighted by Crippen LogP contribution is 2.43. The topological polar surface area (TPSA) is 113 Å². The van der Waals surface area contributed by atoms with Crippen LogP contribution in [0.15, 0.2) is 107 Å². The molecule has 4 aromatic carbocycles. The van der Waals surface area contributed by atoms with Gasteiger partial charge in [-0.25, -0.2) is 16.8 Å². The Kier molecular flexibility index (Phi) is 17.4. The van der Waals surface area contributed by atoms with Crippen molar-refractivity contribution in [3.8, 4) is 0 Å². The predicted octanol–water partition coefficient (Wildman–Crippen LogP) is 10.2. The van der Waals surface area contributed by atoms with Crippen LogP contribution in [0.1, 0.15) is 68.9 Å². The summed E-state index contributed by atoms with van der Waals surface area (Å²) in [7, 11) is -7.18. The SMILES string of the molecule is Cl.O=S(=O)(c1ccccc1)N1CCCC(CCO)(c2ccc(Cl)c(Cl)c2)C1.O=S(=O)(c1ccccc1)N1CCCC(CCOC2CCCCO2)(c2ccc(Cl)c(Cl)c2)C1. The second-order valence-electron chi connectivity index (χ2n) is 15.2. The van der Waals surface area contributed by atoms with E-state index in [2.05, 4.69) is 0 Å². The minimum absolute atomic E-state index is 0. The van der Waals surface area contributed by atoms with Crippen LogP contribution in [0.3, 0.4) is 0 Å². The fraction of sp³-hybridized carbons (Fsp3) is 0.442. The number of ether oxygens (including phenoxy) is 2. The molecule has 1 N–H and O–H groups in total. The molecule has 322 valence electrons. The van der Waals surface area contributed by atoms with Gasteiger partial charge in [0.2, 0.25) is 20.0 Å². The number of piperidine rings is 2. The Labute approximate surface area is 375 Å². The zero-order chi connectivity index (χ0) is 41.4. The maximum absolute atomic E-state index is 13.4. The Bertz CT molecular complexity index is 2200. The van der Waals surface area contributed by atoms with Crippen molar-refractivity contribution < 1.29 is 31.4 Å². The molecule has 59 heavy (non-hydrogen) atoms. The zero-order valence-corrected chi connectivity index (χ0v) is 38.1. The first kappa shape index (κ1) is 48.1. The summed E-state index contributed by atoms with van der Waals surface area (Å²) in [6.07, 6.45) is 7.13. The first-order valence-electron chi connectivity index (χ1n) is 19.7. The zero-order valence-electron chi connectivity index (χ0n) is 32.7. The van der Waals surface area contributed by atoms with E-state index >= 15 is 0 Å². The first-order chi connectivity index (χ1) is 27.8. The average molecular weight is 949 g/mol. The smallest absolute Gasteiger partial charge is 0.243 e. The van der Waals surface area contributed by atoms with Crippen molar-refractivity contribution >= 4 is 78.9 Å². The third kappa shape index (κ3) is 11.5. The summed E-state index contributed by atoms with van der Waals surface area (Å²) in [6.45, 7) is 2.83. The number of benzene rings is 4. The van der Waals surface area contributed by atoms with E-state index in [4.69, 9.17) is 55.9 Å². The summed E-state index contributed by atoms with van der Waals surface area (Å²) in [6, 6.07) is 28.1. The lowest BCUT2D eigenvalue weighted by atomic mass is 9.72. The molecule has 3 heterocycles. The highest BCUT2D eigenvalue weighted by atomic mass is 35.5. The van der Waals surface area contributed by atoms with E-state index in [-0.39, 0.29) is 30.2 Å². The Morgan fingerprint density at radius 1 is 0.644 bits per heavy atom. The second-order valence-corrected chi connectivity index (χ2v) is 20.7. The molecular weight excluding hydrogens is 898 g/mol. The Morgan fingerprint density at radius 3 is 1.54 bits per heavy atom. The minimum atomic E-state index is -3.60. The van der Waals surface area contributed by atoms with Crippen LogP contribution >= 0.6 is 58.8 Å². The molecule has 16 heteroatoms. The standard InChI is InChI=1S/C24H29Cl2NO4S.C19H21Cl2NO3S.ClH/c25-21-11-10-19(17-22(21)26)24(13-16-31-23-9-4-5-15-30-23)12-6-14-27(18-24)32(28,29)20-7-2-1-3-8-20;20-17-8-7-15(13-18(17)21)19(10-12-23)9-4-11-22(14-19)26(24,25)16-5-2-1-3-6-16;/h1-3,7-8,10-11,17,23H,4-6,9,12-16,18H2;1-3,5-8,13,23H,4,9-12,14H2;1H. The number of hydrogen-bond acceptors (Lipinski definition) is 7. The number of sulfonamides is 2. The normalized spacial score (nSPS) is 23.1. The molecule has 7 rings (SSSR count). The van der Waals surface area contributed by atoms with E-state index in [1.54, 1.807) is 77.1 Å². The van der Waals surface area contributed by atoms with E-state index < -0.39 is 30.9 Å². The molecule has 0 radical (unpaired) electrons. The van der Waals surface area contributed by atoms with Crippen LogP contribution in [-0.4, -0.2) is 82.8 Å². The largest absolute Gasteiger partial charge is 0.396 e. The molecular formula is C43H51Cl5N2O7S2. The van der Waals surface area contributed by atoms with Crippen LogP contribution in [-0.2, 0) is 40.4 Å². The van der Waals surface area contributed by atoms with Gasteiger partial charge in [0.05, 0.1) is 36.5 Å². The lowest BCUT2D eigenvalue weighted by molar-refractivity contribution is -0.165. The fourth-order valence-corrected chi connectivity index (χ4v) is 12.1. The van der Waals surface area contributed by atoms with Gasteiger partial charge in [-0.05, 0) is 117 Å². The maximum atomic E-state index is 13.4. The number of hydrogen-bond donors (Lipinski definition) is 1. The van der Waals surface area contributed by atoms with Gasteiger partial charge in [-0.3, -0.25) is 0 Å². The number of halogens is 5. The first-order valence-corrected chi connectivity index (χ1v) is 24.0. The van der Waals surface area contributed by atoms with E-state index in [9.17, 15) is 21.9 Å². The molecule has 4 aromatic rings. The molecule has 3 unspecified atom stereocenters. The number of nitrogens with zero attached hydrogens (tertiary/aromatic N) is 2. The molecule has 0 aliphatic carbocycles. The fourth-order valence-electron chi connectivity index (χ4n) is 8.33. The molecule has 0 aromatic heterocycles. The van der Waals surface area contributed by atoms with E-state index in [0.29, 0.717) is 77.0 Å². The molecule has 3 aliphatic rings. The molecule has 3 fully saturated rings. The van der Waals surface area contributed by atoms with E-state index in [0.717, 1.165) is 56.3 Å². The van der Waals surface area contributed by atoms with Gasteiger partial charge < -0.3 is 14.6 Å². The summed E-state index contributed by atoms with van der Waals surface area (Å²) in [5.41, 5.74) is 1.01. The quantitative estimate of drug-likeness (QED) is 0.151. The molecule has 0 saturated carbocycles. The molecule has 0 bridgehead atoms. The lowest BCUT2D eigenvalue weighted by Gasteiger charge is -2.43. The van der Waals surface area contributed by atoms with Crippen molar-refractivity contribution in [2.45, 2.75) is 84.7 Å². The Balaban J connectivity index is 0.000000225. The molecule has 9 nitrogen and oxygen atoms in total. The second kappa shape index (κ2) is 21.4.